The van der Waals surface area contributed by atoms with Gasteiger partial charge in [0.1, 0.15) is 5.75 Å². The summed E-state index contributed by atoms with van der Waals surface area (Å²) in [7, 11) is 0. The number of ether oxygens (including phenoxy) is 1. The van der Waals surface area contributed by atoms with Crippen LogP contribution in [-0.4, -0.2) is 40.6 Å². The Kier molecular flexibility index (Phi) is 4.32. The van der Waals surface area contributed by atoms with Crippen molar-refractivity contribution in [3.8, 4) is 5.75 Å². The smallest absolute Gasteiger partial charge is 0.341 e. The molecule has 22 heavy (non-hydrogen) atoms. The van der Waals surface area contributed by atoms with Gasteiger partial charge in [-0.25, -0.2) is 4.79 Å². The van der Waals surface area contributed by atoms with Gasteiger partial charge in [-0.3, -0.25) is 4.79 Å². The van der Waals surface area contributed by atoms with Gasteiger partial charge < -0.3 is 14.7 Å². The maximum atomic E-state index is 12.8. The molecule has 0 heterocycles. The molecule has 2 saturated carbocycles. The molecule has 2 aliphatic rings. The van der Waals surface area contributed by atoms with Crippen LogP contribution in [0.25, 0.3) is 0 Å². The minimum atomic E-state index is -1.01. The van der Waals surface area contributed by atoms with Crippen molar-refractivity contribution in [3.63, 3.8) is 0 Å². The quantitative estimate of drug-likeness (QED) is 0.877. The SMILES string of the molecule is O=C(O)COc1ccc(C(=O)N(C2CCC2)C2CCC2)cc1. The summed E-state index contributed by atoms with van der Waals surface area (Å²) in [5.74, 6) is -0.446. The van der Waals surface area contributed by atoms with Crippen molar-refractivity contribution in [2.45, 2.75) is 50.6 Å². The molecule has 0 spiro atoms. The molecule has 2 aliphatic carbocycles. The lowest BCUT2D eigenvalue weighted by Crippen LogP contribution is -2.52. The Bertz CT molecular complexity index is 532. The van der Waals surface area contributed by atoms with Crippen molar-refractivity contribution in [2.24, 2.45) is 0 Å². The number of amides is 1. The molecule has 1 amide bonds. The Morgan fingerprint density at radius 2 is 1.59 bits per heavy atom. The van der Waals surface area contributed by atoms with E-state index >= 15 is 0 Å². The Labute approximate surface area is 129 Å². The normalized spacial score (nSPS) is 18.2. The van der Waals surface area contributed by atoms with Gasteiger partial charge in [-0.1, -0.05) is 0 Å². The highest BCUT2D eigenvalue weighted by molar-refractivity contribution is 5.95. The van der Waals surface area contributed by atoms with Gasteiger partial charge in [-0.05, 0) is 62.8 Å². The number of carboxylic acid groups (broad SMARTS) is 1. The van der Waals surface area contributed by atoms with Crippen molar-refractivity contribution in [1.82, 2.24) is 4.90 Å². The molecule has 2 fully saturated rings. The molecule has 0 aromatic heterocycles. The number of carbonyl (C=O) groups excluding carboxylic acids is 1. The van der Waals surface area contributed by atoms with Crippen LogP contribution in [0.2, 0.25) is 0 Å². The molecule has 0 atom stereocenters. The summed E-state index contributed by atoms with van der Waals surface area (Å²) < 4.78 is 5.10. The topological polar surface area (TPSA) is 66.8 Å². The summed E-state index contributed by atoms with van der Waals surface area (Å²) in [4.78, 5) is 25.3. The van der Waals surface area contributed by atoms with Crippen molar-refractivity contribution in [2.75, 3.05) is 6.61 Å². The van der Waals surface area contributed by atoms with Crippen LogP contribution >= 0.6 is 0 Å². The van der Waals surface area contributed by atoms with Crippen LogP contribution in [0.4, 0.5) is 0 Å². The molecule has 118 valence electrons. The minimum Gasteiger partial charge on any atom is -0.482 e. The molecule has 1 aromatic carbocycles. The number of nitrogens with zero attached hydrogens (tertiary/aromatic N) is 1. The summed E-state index contributed by atoms with van der Waals surface area (Å²) in [5.41, 5.74) is 0.654. The van der Waals surface area contributed by atoms with Gasteiger partial charge in [0.25, 0.3) is 5.91 Å². The number of hydrogen-bond acceptors (Lipinski definition) is 3. The number of rotatable bonds is 6. The zero-order valence-corrected chi connectivity index (χ0v) is 12.5. The molecule has 5 nitrogen and oxygen atoms in total. The van der Waals surface area contributed by atoms with E-state index in [-0.39, 0.29) is 12.5 Å². The number of hydrogen-bond donors (Lipinski definition) is 1. The maximum absolute atomic E-state index is 12.8. The fourth-order valence-corrected chi connectivity index (χ4v) is 2.95. The second-order valence-corrected chi connectivity index (χ2v) is 6.09. The van der Waals surface area contributed by atoms with E-state index in [9.17, 15) is 9.59 Å². The number of carboxylic acids is 1. The summed E-state index contributed by atoms with van der Waals surface area (Å²) in [6.45, 7) is -0.371. The summed E-state index contributed by atoms with van der Waals surface area (Å²) in [6, 6.07) is 7.58. The highest BCUT2D eigenvalue weighted by Crippen LogP contribution is 2.35. The molecule has 5 heteroatoms. The zero-order valence-electron chi connectivity index (χ0n) is 12.5. The summed E-state index contributed by atoms with van der Waals surface area (Å²) >= 11 is 0. The largest absolute Gasteiger partial charge is 0.482 e. The predicted octanol–water partition coefficient (Wildman–Crippen LogP) is 2.70. The van der Waals surface area contributed by atoms with Crippen LogP contribution in [0, 0.1) is 0 Å². The first-order chi connectivity index (χ1) is 10.6. The fraction of sp³-hybridized carbons (Fsp3) is 0.529. The van der Waals surface area contributed by atoms with Crippen LogP contribution in [0.3, 0.4) is 0 Å². The van der Waals surface area contributed by atoms with Crippen LogP contribution < -0.4 is 4.74 Å². The Morgan fingerprint density at radius 3 is 2.00 bits per heavy atom. The van der Waals surface area contributed by atoms with Gasteiger partial charge in [-0.15, -0.1) is 0 Å². The third kappa shape index (κ3) is 3.08. The van der Waals surface area contributed by atoms with E-state index in [1.165, 1.54) is 12.8 Å². The van der Waals surface area contributed by atoms with E-state index in [1.807, 2.05) is 0 Å². The average molecular weight is 303 g/mol. The first-order valence-corrected chi connectivity index (χ1v) is 7.92. The lowest BCUT2D eigenvalue weighted by molar-refractivity contribution is -0.139. The second-order valence-electron chi connectivity index (χ2n) is 6.09. The Morgan fingerprint density at radius 1 is 1.05 bits per heavy atom. The van der Waals surface area contributed by atoms with E-state index in [4.69, 9.17) is 9.84 Å². The number of benzene rings is 1. The van der Waals surface area contributed by atoms with Gasteiger partial charge >= 0.3 is 5.97 Å². The fourth-order valence-electron chi connectivity index (χ4n) is 2.95. The van der Waals surface area contributed by atoms with Gasteiger partial charge in [0, 0.05) is 17.6 Å². The Balaban J connectivity index is 1.68. The summed E-state index contributed by atoms with van der Waals surface area (Å²) in [5, 5.41) is 8.59. The maximum Gasteiger partial charge on any atom is 0.341 e. The van der Waals surface area contributed by atoms with Gasteiger partial charge in [0.2, 0.25) is 0 Å². The highest BCUT2D eigenvalue weighted by atomic mass is 16.5. The minimum absolute atomic E-state index is 0.0965. The van der Waals surface area contributed by atoms with Gasteiger partial charge in [0.15, 0.2) is 6.61 Å². The average Bonchev–Trinajstić information content (AvgIpc) is 2.40. The Hall–Kier alpha value is -2.04. The standard InChI is InChI=1S/C17H21NO4/c19-16(20)11-22-15-9-7-12(8-10-15)17(21)18(13-3-1-4-13)14-5-2-6-14/h7-10,13-14H,1-6,11H2,(H,19,20). The van der Waals surface area contributed by atoms with Crippen molar-refractivity contribution < 1.29 is 19.4 Å². The van der Waals surface area contributed by atoms with Crippen LogP contribution in [0.15, 0.2) is 24.3 Å². The molecule has 1 aromatic rings. The molecular weight excluding hydrogens is 282 g/mol. The third-order valence-electron chi connectivity index (χ3n) is 4.63. The van der Waals surface area contributed by atoms with Crippen molar-refractivity contribution in [3.05, 3.63) is 29.8 Å². The summed E-state index contributed by atoms with van der Waals surface area (Å²) in [6.07, 6.45) is 6.88. The van der Waals surface area contributed by atoms with Crippen LogP contribution in [0.1, 0.15) is 48.9 Å². The first-order valence-electron chi connectivity index (χ1n) is 7.92. The van der Waals surface area contributed by atoms with E-state index in [0.717, 1.165) is 25.7 Å². The monoisotopic (exact) mass is 303 g/mol. The van der Waals surface area contributed by atoms with E-state index in [1.54, 1.807) is 24.3 Å². The molecule has 1 N–H and O–H groups in total. The molecule has 0 aliphatic heterocycles. The lowest BCUT2D eigenvalue weighted by Gasteiger charge is -2.46. The van der Waals surface area contributed by atoms with Crippen LogP contribution in [0.5, 0.6) is 5.75 Å². The first kappa shape index (κ1) is 14.9. The van der Waals surface area contributed by atoms with E-state index in [0.29, 0.717) is 23.4 Å². The van der Waals surface area contributed by atoms with Gasteiger partial charge in [-0.2, -0.15) is 0 Å². The zero-order chi connectivity index (χ0) is 15.5. The second kappa shape index (κ2) is 6.38. The van der Waals surface area contributed by atoms with E-state index < -0.39 is 5.97 Å². The van der Waals surface area contributed by atoms with Crippen molar-refractivity contribution in [1.29, 1.82) is 0 Å². The van der Waals surface area contributed by atoms with Crippen LogP contribution in [-0.2, 0) is 4.79 Å². The molecular formula is C17H21NO4. The molecule has 0 saturated heterocycles. The molecule has 3 rings (SSSR count). The van der Waals surface area contributed by atoms with E-state index in [2.05, 4.69) is 4.90 Å². The molecule has 0 radical (unpaired) electrons. The number of carbonyl (C=O) groups is 2. The lowest BCUT2D eigenvalue weighted by atomic mass is 9.84. The predicted molar refractivity (Wildman–Crippen MR) is 81.0 cm³/mol. The molecule has 0 unspecified atom stereocenters. The van der Waals surface area contributed by atoms with Crippen molar-refractivity contribution >= 4 is 11.9 Å². The highest BCUT2D eigenvalue weighted by Gasteiger charge is 2.37. The van der Waals surface area contributed by atoms with Gasteiger partial charge in [0.05, 0.1) is 0 Å². The third-order valence-corrected chi connectivity index (χ3v) is 4.63. The number of aliphatic carboxylic acids is 1. The molecule has 0 bridgehead atoms.